The average molecular weight is 230 g/mol. The van der Waals surface area contributed by atoms with Crippen LogP contribution in [0.25, 0.3) is 0 Å². The first-order valence-corrected chi connectivity index (χ1v) is 5.35. The molecule has 0 spiro atoms. The second kappa shape index (κ2) is 6.51. The molecule has 0 unspecified atom stereocenters. The zero-order chi connectivity index (χ0) is 13.6. The minimum atomic E-state index is 0.00868. The number of rotatable bonds is 0. The quantitative estimate of drug-likeness (QED) is 0.378. The largest absolute Gasteiger partial charge is 0.411 e. The van der Waals surface area contributed by atoms with Crippen molar-refractivity contribution in [1.29, 1.82) is 0 Å². The highest BCUT2D eigenvalue weighted by molar-refractivity contribution is 5.86. The van der Waals surface area contributed by atoms with Crippen LogP contribution in [0.1, 0.15) is 55.4 Å². The maximum Gasteiger partial charge on any atom is 0.0593 e. The van der Waals surface area contributed by atoms with Gasteiger partial charge in [-0.25, -0.2) is 0 Å². The Morgan fingerprint density at radius 3 is 0.875 bits per heavy atom. The lowest BCUT2D eigenvalue weighted by molar-refractivity contribution is 0.310. The molecule has 0 saturated carbocycles. The van der Waals surface area contributed by atoms with Gasteiger partial charge >= 0.3 is 0 Å². The number of nitrogens with zero attached hydrogens (tertiary/aromatic N) is 2. The molecule has 16 heavy (non-hydrogen) atoms. The lowest BCUT2D eigenvalue weighted by Crippen LogP contribution is -2.16. The van der Waals surface area contributed by atoms with Gasteiger partial charge in [-0.3, -0.25) is 0 Å². The Morgan fingerprint density at radius 2 is 0.875 bits per heavy atom. The van der Waals surface area contributed by atoms with Gasteiger partial charge < -0.3 is 10.4 Å². The van der Waals surface area contributed by atoms with Crippen molar-refractivity contribution in [2.24, 2.45) is 21.1 Å². The van der Waals surface area contributed by atoms with E-state index in [1.165, 1.54) is 0 Å². The number of oxime groups is 2. The van der Waals surface area contributed by atoms with E-state index in [1.807, 2.05) is 41.5 Å². The zero-order valence-corrected chi connectivity index (χ0v) is 11.8. The van der Waals surface area contributed by atoms with Gasteiger partial charge in [0, 0.05) is 10.8 Å². The van der Waals surface area contributed by atoms with E-state index >= 15 is 0 Å². The minimum Gasteiger partial charge on any atom is -0.411 e. The summed E-state index contributed by atoms with van der Waals surface area (Å²) in [4.78, 5) is 0. The molecule has 96 valence electrons. The van der Waals surface area contributed by atoms with Crippen LogP contribution in [0.3, 0.4) is 0 Å². The molecular formula is C12H26N2O2. The van der Waals surface area contributed by atoms with Crippen molar-refractivity contribution in [2.45, 2.75) is 55.4 Å². The molecular weight excluding hydrogens is 204 g/mol. The molecule has 0 aliphatic carbocycles. The van der Waals surface area contributed by atoms with Crippen LogP contribution < -0.4 is 0 Å². The molecule has 0 aromatic heterocycles. The van der Waals surface area contributed by atoms with Gasteiger partial charge in [-0.05, 0) is 13.8 Å². The van der Waals surface area contributed by atoms with Crippen LogP contribution in [-0.4, -0.2) is 21.8 Å². The maximum absolute atomic E-state index is 8.26. The van der Waals surface area contributed by atoms with Gasteiger partial charge in [0.05, 0.1) is 11.4 Å². The van der Waals surface area contributed by atoms with Crippen molar-refractivity contribution >= 4 is 11.4 Å². The molecule has 0 radical (unpaired) electrons. The molecule has 0 aliphatic rings. The van der Waals surface area contributed by atoms with Crippen LogP contribution in [0.5, 0.6) is 0 Å². The zero-order valence-electron chi connectivity index (χ0n) is 11.8. The predicted molar refractivity (Wildman–Crippen MR) is 68.7 cm³/mol. The van der Waals surface area contributed by atoms with Crippen LogP contribution in [0, 0.1) is 10.8 Å². The monoisotopic (exact) mass is 230 g/mol. The van der Waals surface area contributed by atoms with Gasteiger partial charge in [0.2, 0.25) is 0 Å². The first-order valence-electron chi connectivity index (χ1n) is 5.35. The minimum absolute atomic E-state index is 0.00868. The summed E-state index contributed by atoms with van der Waals surface area (Å²) in [6, 6.07) is 0. The van der Waals surface area contributed by atoms with Crippen molar-refractivity contribution in [3.05, 3.63) is 0 Å². The van der Waals surface area contributed by atoms with E-state index in [2.05, 4.69) is 10.3 Å². The highest BCUT2D eigenvalue weighted by Crippen LogP contribution is 2.15. The average Bonchev–Trinajstić information content (AvgIpc) is 2.13. The van der Waals surface area contributed by atoms with E-state index in [-0.39, 0.29) is 10.8 Å². The summed E-state index contributed by atoms with van der Waals surface area (Å²) >= 11 is 0. The van der Waals surface area contributed by atoms with E-state index in [0.29, 0.717) is 0 Å². The first-order chi connectivity index (χ1) is 6.96. The molecule has 0 aliphatic heterocycles. The van der Waals surface area contributed by atoms with Gasteiger partial charge in [-0.1, -0.05) is 51.9 Å². The van der Waals surface area contributed by atoms with Crippen molar-refractivity contribution in [3.8, 4) is 0 Å². The van der Waals surface area contributed by atoms with E-state index in [1.54, 1.807) is 13.8 Å². The third-order valence-electron chi connectivity index (χ3n) is 2.47. The molecule has 0 atom stereocenters. The number of hydrogen-bond acceptors (Lipinski definition) is 4. The normalized spacial score (nSPS) is 14.2. The maximum atomic E-state index is 8.26. The Balaban J connectivity index is 0. The van der Waals surface area contributed by atoms with Crippen molar-refractivity contribution < 1.29 is 10.4 Å². The Labute approximate surface area is 99.0 Å². The summed E-state index contributed by atoms with van der Waals surface area (Å²) in [5.74, 6) is 0. The standard InChI is InChI=1S/2C6H13NO/c2*1-5(7-8)6(2,3)4/h2*8H,1-4H3/b7-5-;. The Hall–Kier alpha value is -1.06. The van der Waals surface area contributed by atoms with Crippen LogP contribution in [0.4, 0.5) is 0 Å². The van der Waals surface area contributed by atoms with Crippen LogP contribution >= 0.6 is 0 Å². The van der Waals surface area contributed by atoms with Crippen LogP contribution in [-0.2, 0) is 0 Å². The fourth-order valence-electron chi connectivity index (χ4n) is 0.300. The van der Waals surface area contributed by atoms with E-state index < -0.39 is 0 Å². The fraction of sp³-hybridized carbons (Fsp3) is 0.833. The lowest BCUT2D eigenvalue weighted by Gasteiger charge is -2.15. The lowest BCUT2D eigenvalue weighted by atomic mass is 9.91. The first kappa shape index (κ1) is 17.3. The molecule has 4 heteroatoms. The Kier molecular flexibility index (Phi) is 7.05. The van der Waals surface area contributed by atoms with Crippen molar-refractivity contribution in [3.63, 3.8) is 0 Å². The van der Waals surface area contributed by atoms with Gasteiger partial charge in [0.15, 0.2) is 0 Å². The topological polar surface area (TPSA) is 65.2 Å². The number of hydrogen-bond donors (Lipinski definition) is 2. The van der Waals surface area contributed by atoms with Crippen LogP contribution in [0.2, 0.25) is 0 Å². The second-order valence-electron chi connectivity index (χ2n) is 5.87. The molecule has 2 N–H and O–H groups in total. The summed E-state index contributed by atoms with van der Waals surface area (Å²) in [7, 11) is 0. The van der Waals surface area contributed by atoms with Crippen molar-refractivity contribution in [1.82, 2.24) is 0 Å². The van der Waals surface area contributed by atoms with Gasteiger partial charge in [-0.2, -0.15) is 0 Å². The predicted octanol–water partition coefficient (Wildman–Crippen LogP) is 3.77. The molecule has 0 heterocycles. The van der Waals surface area contributed by atoms with E-state index in [0.717, 1.165) is 11.4 Å². The molecule has 0 bridgehead atoms. The summed E-state index contributed by atoms with van der Waals surface area (Å²) in [5, 5.41) is 22.7. The Bertz CT molecular complexity index is 227. The molecule has 4 nitrogen and oxygen atoms in total. The molecule has 0 aromatic carbocycles. The highest BCUT2D eigenvalue weighted by atomic mass is 16.4. The highest BCUT2D eigenvalue weighted by Gasteiger charge is 2.14. The van der Waals surface area contributed by atoms with Crippen molar-refractivity contribution in [2.75, 3.05) is 0 Å². The molecule has 0 aromatic rings. The van der Waals surface area contributed by atoms with Gasteiger partial charge in [-0.15, -0.1) is 0 Å². The fourth-order valence-corrected chi connectivity index (χ4v) is 0.300. The van der Waals surface area contributed by atoms with E-state index in [4.69, 9.17) is 10.4 Å². The molecule has 0 saturated heterocycles. The second-order valence-corrected chi connectivity index (χ2v) is 5.87. The Morgan fingerprint density at radius 1 is 0.688 bits per heavy atom. The smallest absolute Gasteiger partial charge is 0.0593 e. The summed E-state index contributed by atoms with van der Waals surface area (Å²) in [5.41, 5.74) is 1.54. The molecule has 0 amide bonds. The van der Waals surface area contributed by atoms with Gasteiger partial charge in [0.1, 0.15) is 0 Å². The summed E-state index contributed by atoms with van der Waals surface area (Å²) in [6.07, 6.45) is 0. The SMILES string of the molecule is C/C(=N/O)C(C)(C)C.CC(=NO)C(C)(C)C. The summed E-state index contributed by atoms with van der Waals surface area (Å²) < 4.78 is 0. The molecule has 0 rings (SSSR count). The summed E-state index contributed by atoms with van der Waals surface area (Å²) in [6.45, 7) is 15.6. The molecule has 0 fully saturated rings. The van der Waals surface area contributed by atoms with E-state index in [9.17, 15) is 0 Å². The third kappa shape index (κ3) is 8.26. The third-order valence-corrected chi connectivity index (χ3v) is 2.47. The van der Waals surface area contributed by atoms with Gasteiger partial charge in [0.25, 0.3) is 0 Å². The van der Waals surface area contributed by atoms with Crippen LogP contribution in [0.15, 0.2) is 10.3 Å².